The molecule has 30 heavy (non-hydrogen) atoms. The minimum absolute atomic E-state index is 0.522. The van der Waals surface area contributed by atoms with Crippen molar-refractivity contribution in [2.75, 3.05) is 11.9 Å². The van der Waals surface area contributed by atoms with Gasteiger partial charge in [0.1, 0.15) is 0 Å². The molecule has 0 unspecified atom stereocenters. The van der Waals surface area contributed by atoms with Gasteiger partial charge in [-0.2, -0.15) is 0 Å². The topological polar surface area (TPSA) is 55.9 Å². The van der Waals surface area contributed by atoms with Gasteiger partial charge in [-0.1, -0.05) is 57.3 Å². The first kappa shape index (κ1) is 24.0. The number of aromatic nitrogens is 2. The van der Waals surface area contributed by atoms with Crippen LogP contribution in [0, 0.1) is 0 Å². The van der Waals surface area contributed by atoms with E-state index in [1.165, 1.54) is 6.42 Å². The number of nitrogens with zero attached hydrogens (tertiary/aromatic N) is 2. The number of halogens is 2. The fraction of sp³-hybridized carbons (Fsp3) is 0.292. The van der Waals surface area contributed by atoms with Gasteiger partial charge < -0.3 is 15.6 Å². The van der Waals surface area contributed by atoms with E-state index in [4.69, 9.17) is 28.9 Å². The first-order valence-electron chi connectivity index (χ1n) is 10.4. The molecule has 2 heterocycles. The number of hydrogen-bond acceptors (Lipinski definition) is 3. The molecule has 0 aliphatic rings. The van der Waals surface area contributed by atoms with Crippen LogP contribution in [0.5, 0.6) is 0 Å². The molecule has 0 saturated carbocycles. The van der Waals surface area contributed by atoms with Crippen LogP contribution < -0.4 is 11.1 Å². The predicted molar refractivity (Wildman–Crippen MR) is 133 cm³/mol. The lowest BCUT2D eigenvalue weighted by Gasteiger charge is -2.09. The lowest BCUT2D eigenvalue weighted by atomic mass is 10.2. The van der Waals surface area contributed by atoms with Gasteiger partial charge in [0.05, 0.1) is 26.6 Å². The van der Waals surface area contributed by atoms with Gasteiger partial charge in [0, 0.05) is 36.0 Å². The summed E-state index contributed by atoms with van der Waals surface area (Å²) in [6.45, 7) is 9.59. The number of nitrogens with one attached hydrogen (secondary N) is 1. The molecular formula is C24H30Cl2N4. The van der Waals surface area contributed by atoms with E-state index in [2.05, 4.69) is 46.9 Å². The van der Waals surface area contributed by atoms with E-state index in [1.807, 2.05) is 44.3 Å². The zero-order valence-corrected chi connectivity index (χ0v) is 19.6. The Morgan fingerprint density at radius 1 is 0.933 bits per heavy atom. The number of benzene rings is 2. The number of hydrogen-bond donors (Lipinski definition) is 2. The quantitative estimate of drug-likeness (QED) is 0.339. The highest BCUT2D eigenvalue weighted by Gasteiger charge is 2.11. The zero-order chi connectivity index (χ0) is 22.1. The molecule has 3 N–H and O–H groups in total. The maximum atomic E-state index is 6.09. The molecule has 0 aliphatic carbocycles. The third-order valence-electron chi connectivity index (χ3n) is 4.18. The Bertz CT molecular complexity index is 1090. The Kier molecular flexibility index (Phi) is 9.44. The molecule has 0 spiro atoms. The normalized spacial score (nSPS) is 10.2. The minimum Gasteiger partial charge on any atom is -0.355 e. The van der Waals surface area contributed by atoms with Gasteiger partial charge in [0.25, 0.3) is 0 Å². The summed E-state index contributed by atoms with van der Waals surface area (Å²) < 4.78 is 2.21. The van der Waals surface area contributed by atoms with Gasteiger partial charge in [0.2, 0.25) is 0 Å². The Balaban J connectivity index is 0.000000590. The van der Waals surface area contributed by atoms with Gasteiger partial charge in [-0.05, 0) is 48.5 Å². The fourth-order valence-corrected chi connectivity index (χ4v) is 3.40. The van der Waals surface area contributed by atoms with Crippen LogP contribution >= 0.6 is 23.2 Å². The van der Waals surface area contributed by atoms with Crippen molar-refractivity contribution in [3.05, 3.63) is 64.8 Å². The highest BCUT2D eigenvalue weighted by atomic mass is 35.5. The van der Waals surface area contributed by atoms with E-state index >= 15 is 0 Å². The lowest BCUT2D eigenvalue weighted by molar-refractivity contribution is 0.757. The first-order chi connectivity index (χ1) is 14.6. The van der Waals surface area contributed by atoms with Crippen LogP contribution in [0.4, 0.5) is 11.4 Å². The van der Waals surface area contributed by atoms with E-state index in [1.54, 1.807) is 6.07 Å². The van der Waals surface area contributed by atoms with Gasteiger partial charge in [-0.25, -0.2) is 0 Å². The number of fused-ring (bicyclic) bond motifs is 3. The second kappa shape index (κ2) is 11.8. The SMILES string of the molecule is CC.CCC.NCCn1c2ccc(Nc3ccc(Cl)c(Cl)c3)cc2c2ncccc21. The third kappa shape index (κ3) is 5.45. The van der Waals surface area contributed by atoms with Crippen LogP contribution in [0.3, 0.4) is 0 Å². The van der Waals surface area contributed by atoms with Crippen molar-refractivity contribution in [2.24, 2.45) is 5.73 Å². The zero-order valence-electron chi connectivity index (χ0n) is 18.0. The van der Waals surface area contributed by atoms with Crippen molar-refractivity contribution >= 4 is 56.5 Å². The fourth-order valence-electron chi connectivity index (χ4n) is 3.10. The molecule has 0 amide bonds. The Morgan fingerprint density at radius 2 is 1.60 bits per heavy atom. The van der Waals surface area contributed by atoms with E-state index in [9.17, 15) is 0 Å². The average molecular weight is 445 g/mol. The van der Waals surface area contributed by atoms with E-state index in [0.717, 1.165) is 39.9 Å². The summed E-state index contributed by atoms with van der Waals surface area (Å²) in [5, 5.41) is 5.52. The summed E-state index contributed by atoms with van der Waals surface area (Å²) in [4.78, 5) is 4.56. The van der Waals surface area contributed by atoms with Crippen LogP contribution in [-0.4, -0.2) is 16.1 Å². The summed E-state index contributed by atoms with van der Waals surface area (Å²) in [5.74, 6) is 0. The smallest absolute Gasteiger partial charge is 0.0960 e. The molecule has 0 radical (unpaired) electrons. The van der Waals surface area contributed by atoms with Crippen molar-refractivity contribution < 1.29 is 0 Å². The summed E-state index contributed by atoms with van der Waals surface area (Å²) in [5.41, 5.74) is 10.8. The molecule has 4 rings (SSSR count). The summed E-state index contributed by atoms with van der Waals surface area (Å²) >= 11 is 12.1. The monoisotopic (exact) mass is 444 g/mol. The maximum absolute atomic E-state index is 6.09. The molecule has 160 valence electrons. The van der Waals surface area contributed by atoms with Gasteiger partial charge in [0.15, 0.2) is 0 Å². The van der Waals surface area contributed by atoms with E-state index in [-0.39, 0.29) is 0 Å². The van der Waals surface area contributed by atoms with E-state index in [0.29, 0.717) is 16.6 Å². The van der Waals surface area contributed by atoms with E-state index < -0.39 is 0 Å². The minimum atomic E-state index is 0.522. The van der Waals surface area contributed by atoms with Crippen LogP contribution in [0.25, 0.3) is 21.9 Å². The Labute approximate surface area is 189 Å². The highest BCUT2D eigenvalue weighted by molar-refractivity contribution is 6.42. The summed E-state index contributed by atoms with van der Waals surface area (Å²) in [6, 6.07) is 15.7. The number of rotatable bonds is 4. The second-order valence-corrected chi connectivity index (χ2v) is 7.32. The lowest BCUT2D eigenvalue weighted by Crippen LogP contribution is -2.09. The maximum Gasteiger partial charge on any atom is 0.0960 e. The number of nitrogens with two attached hydrogens (primary N) is 1. The van der Waals surface area contributed by atoms with Crippen LogP contribution in [0.1, 0.15) is 34.1 Å². The third-order valence-corrected chi connectivity index (χ3v) is 4.92. The average Bonchev–Trinajstić information content (AvgIpc) is 3.07. The number of anilines is 2. The molecule has 6 heteroatoms. The number of pyridine rings is 1. The summed E-state index contributed by atoms with van der Waals surface area (Å²) in [7, 11) is 0. The first-order valence-corrected chi connectivity index (χ1v) is 11.1. The summed E-state index contributed by atoms with van der Waals surface area (Å²) in [6.07, 6.45) is 3.06. The van der Waals surface area contributed by atoms with Gasteiger partial charge in [-0.15, -0.1) is 0 Å². The highest BCUT2D eigenvalue weighted by Crippen LogP contribution is 2.32. The van der Waals surface area contributed by atoms with Gasteiger partial charge >= 0.3 is 0 Å². The molecule has 2 aromatic carbocycles. The molecule has 0 aliphatic heterocycles. The predicted octanol–water partition coefficient (Wildman–Crippen LogP) is 7.64. The molecule has 0 fully saturated rings. The molecular weight excluding hydrogens is 415 g/mol. The van der Waals surface area contributed by atoms with Crippen molar-refractivity contribution in [3.8, 4) is 0 Å². The van der Waals surface area contributed by atoms with Crippen molar-refractivity contribution in [3.63, 3.8) is 0 Å². The largest absolute Gasteiger partial charge is 0.355 e. The standard InChI is InChI=1S/C19H16Cl2N4.C3H8.C2H6/c20-15-5-3-13(11-16(15)21)24-12-4-6-17-14(10-12)19-18(2-1-8-23-19)25(17)9-7-22;1-3-2;1-2/h1-6,8,10-11,24H,7,9,22H2;3H2,1-2H3;1-2H3. The second-order valence-electron chi connectivity index (χ2n) is 6.50. The molecule has 0 saturated heterocycles. The molecule has 0 bridgehead atoms. The van der Waals surface area contributed by atoms with Crippen molar-refractivity contribution in [1.82, 2.24) is 9.55 Å². The molecule has 4 aromatic rings. The Hall–Kier alpha value is -2.27. The van der Waals surface area contributed by atoms with Crippen molar-refractivity contribution in [1.29, 1.82) is 0 Å². The van der Waals surface area contributed by atoms with Gasteiger partial charge in [-0.3, -0.25) is 4.98 Å². The Morgan fingerprint density at radius 3 is 2.27 bits per heavy atom. The van der Waals surface area contributed by atoms with Crippen LogP contribution in [0.2, 0.25) is 10.0 Å². The van der Waals surface area contributed by atoms with Crippen LogP contribution in [0.15, 0.2) is 54.7 Å². The van der Waals surface area contributed by atoms with Crippen molar-refractivity contribution in [2.45, 2.75) is 40.7 Å². The molecule has 4 nitrogen and oxygen atoms in total. The van der Waals surface area contributed by atoms with Crippen LogP contribution in [-0.2, 0) is 6.54 Å². The molecule has 0 atom stereocenters. The molecule has 2 aromatic heterocycles.